The Kier molecular flexibility index (Phi) is 6.63. The topological polar surface area (TPSA) is 53.8 Å². The van der Waals surface area contributed by atoms with Crippen molar-refractivity contribution in [1.29, 1.82) is 0 Å². The molecule has 5 nitrogen and oxygen atoms in total. The van der Waals surface area contributed by atoms with Gasteiger partial charge in [-0.25, -0.2) is 4.39 Å². The van der Waals surface area contributed by atoms with Crippen LogP contribution < -0.4 is 0 Å². The highest BCUT2D eigenvalue weighted by atomic mass is 19.1. The third-order valence-electron chi connectivity index (χ3n) is 5.01. The minimum Gasteiger partial charge on any atom is -0.467 e. The molecule has 28 heavy (non-hydrogen) atoms. The number of amides is 2. The molecule has 6 heteroatoms. The van der Waals surface area contributed by atoms with Gasteiger partial charge in [0.05, 0.1) is 12.8 Å². The van der Waals surface area contributed by atoms with E-state index < -0.39 is 0 Å². The molecule has 0 N–H and O–H groups in total. The Morgan fingerprint density at radius 3 is 2.46 bits per heavy atom. The minimum atomic E-state index is -0.323. The van der Waals surface area contributed by atoms with E-state index in [0.717, 1.165) is 24.8 Å². The lowest BCUT2D eigenvalue weighted by Gasteiger charge is -2.32. The molecule has 148 valence electrons. The summed E-state index contributed by atoms with van der Waals surface area (Å²) in [7, 11) is 0. The molecular weight excluding hydrogens is 359 g/mol. The van der Waals surface area contributed by atoms with Gasteiger partial charge in [-0.05, 0) is 42.7 Å². The maximum atomic E-state index is 13.2. The fourth-order valence-electron chi connectivity index (χ4n) is 3.20. The monoisotopic (exact) mass is 384 g/mol. The zero-order valence-electron chi connectivity index (χ0n) is 15.9. The number of halogens is 1. The van der Waals surface area contributed by atoms with Crippen molar-refractivity contribution in [3.8, 4) is 0 Å². The van der Waals surface area contributed by atoms with Crippen LogP contribution in [-0.4, -0.2) is 34.7 Å². The number of furan rings is 1. The molecule has 1 heterocycles. The van der Waals surface area contributed by atoms with Crippen molar-refractivity contribution in [2.75, 3.05) is 13.1 Å². The van der Waals surface area contributed by atoms with Crippen LogP contribution in [0.1, 0.15) is 30.6 Å². The number of nitrogens with zero attached hydrogens (tertiary/aromatic N) is 2. The lowest BCUT2D eigenvalue weighted by atomic mass is 9.84. The molecule has 3 rings (SSSR count). The molecule has 0 atom stereocenters. The average Bonchev–Trinajstić information content (AvgIpc) is 3.14. The van der Waals surface area contributed by atoms with Crippen molar-refractivity contribution in [2.45, 2.75) is 32.4 Å². The molecule has 1 aliphatic carbocycles. The molecule has 0 spiro atoms. The molecule has 1 saturated carbocycles. The molecule has 1 aromatic heterocycles. The van der Waals surface area contributed by atoms with Gasteiger partial charge in [0.2, 0.25) is 11.8 Å². The fourth-order valence-corrected chi connectivity index (χ4v) is 3.20. The first kappa shape index (κ1) is 19.9. The second kappa shape index (κ2) is 9.35. The first-order chi connectivity index (χ1) is 13.6. The third-order valence-corrected chi connectivity index (χ3v) is 5.01. The highest BCUT2D eigenvalue weighted by Crippen LogP contribution is 2.28. The summed E-state index contributed by atoms with van der Waals surface area (Å²) in [6, 6.07) is 9.60. The molecule has 1 aliphatic rings. The van der Waals surface area contributed by atoms with Gasteiger partial charge in [0.25, 0.3) is 0 Å². The van der Waals surface area contributed by atoms with E-state index >= 15 is 0 Å². The number of rotatable bonds is 9. The lowest BCUT2D eigenvalue weighted by Crippen LogP contribution is -2.45. The first-order valence-electron chi connectivity index (χ1n) is 9.51. The van der Waals surface area contributed by atoms with Crippen LogP contribution in [0, 0.1) is 11.7 Å². The van der Waals surface area contributed by atoms with Gasteiger partial charge in [-0.15, -0.1) is 6.58 Å². The minimum absolute atomic E-state index is 0.0107. The molecule has 1 fully saturated rings. The van der Waals surface area contributed by atoms with Crippen LogP contribution in [0.5, 0.6) is 0 Å². The highest BCUT2D eigenvalue weighted by Gasteiger charge is 2.30. The van der Waals surface area contributed by atoms with Gasteiger partial charge in [-0.3, -0.25) is 9.59 Å². The summed E-state index contributed by atoms with van der Waals surface area (Å²) in [6.07, 6.45) is 6.01. The van der Waals surface area contributed by atoms with Gasteiger partial charge in [0.15, 0.2) is 0 Å². The van der Waals surface area contributed by atoms with Crippen molar-refractivity contribution < 1.29 is 18.4 Å². The van der Waals surface area contributed by atoms with E-state index in [1.165, 1.54) is 12.1 Å². The Labute approximate surface area is 164 Å². The zero-order valence-corrected chi connectivity index (χ0v) is 15.9. The summed E-state index contributed by atoms with van der Waals surface area (Å²) >= 11 is 0. The van der Waals surface area contributed by atoms with Gasteiger partial charge >= 0.3 is 0 Å². The standard InChI is InChI=1S/C22H25FN2O3/c1-2-12-24(22(27)18-5-3-6-18)16-21(26)25(15-20-7-4-13-28-20)14-17-8-10-19(23)11-9-17/h2,4,7-11,13,18H,1,3,5-6,12,14-16H2. The molecule has 0 aliphatic heterocycles. The van der Waals surface area contributed by atoms with Crippen LogP contribution in [0.2, 0.25) is 0 Å². The van der Waals surface area contributed by atoms with Crippen LogP contribution in [0.25, 0.3) is 0 Å². The normalized spacial score (nSPS) is 13.6. The second-order valence-corrected chi connectivity index (χ2v) is 7.09. The smallest absolute Gasteiger partial charge is 0.242 e. The molecule has 2 aromatic rings. The number of benzene rings is 1. The molecule has 1 aromatic carbocycles. The number of hydrogen-bond donors (Lipinski definition) is 0. The summed E-state index contributed by atoms with van der Waals surface area (Å²) in [5.41, 5.74) is 0.807. The van der Waals surface area contributed by atoms with Crippen molar-refractivity contribution in [3.63, 3.8) is 0 Å². The second-order valence-electron chi connectivity index (χ2n) is 7.09. The molecule has 0 unspecified atom stereocenters. The lowest BCUT2D eigenvalue weighted by molar-refractivity contribution is -0.144. The van der Waals surface area contributed by atoms with E-state index in [2.05, 4.69) is 6.58 Å². The van der Waals surface area contributed by atoms with Gasteiger partial charge in [-0.1, -0.05) is 24.6 Å². The Bertz CT molecular complexity index is 798. The van der Waals surface area contributed by atoms with Crippen molar-refractivity contribution in [1.82, 2.24) is 9.80 Å². The van der Waals surface area contributed by atoms with Crippen LogP contribution >= 0.6 is 0 Å². The van der Waals surface area contributed by atoms with E-state index in [4.69, 9.17) is 4.42 Å². The maximum Gasteiger partial charge on any atom is 0.242 e. The summed E-state index contributed by atoms with van der Waals surface area (Å²) < 4.78 is 18.6. The third kappa shape index (κ3) is 5.09. The van der Waals surface area contributed by atoms with E-state index in [-0.39, 0.29) is 36.6 Å². The van der Waals surface area contributed by atoms with E-state index in [1.54, 1.807) is 46.4 Å². The maximum absolute atomic E-state index is 13.2. The molecule has 0 saturated heterocycles. The van der Waals surface area contributed by atoms with Crippen LogP contribution in [-0.2, 0) is 22.7 Å². The van der Waals surface area contributed by atoms with Crippen LogP contribution in [0.15, 0.2) is 59.7 Å². The van der Waals surface area contributed by atoms with Gasteiger partial charge < -0.3 is 14.2 Å². The summed E-state index contributed by atoms with van der Waals surface area (Å²) in [4.78, 5) is 28.9. The van der Waals surface area contributed by atoms with Crippen LogP contribution in [0.4, 0.5) is 4.39 Å². The SMILES string of the molecule is C=CCN(CC(=O)N(Cc1ccc(F)cc1)Cc1ccco1)C(=O)C1CCC1. The average molecular weight is 384 g/mol. The summed E-state index contributed by atoms with van der Waals surface area (Å²) in [6.45, 7) is 4.62. The number of carbonyl (C=O) groups excluding carboxylic acids is 2. The van der Waals surface area contributed by atoms with Gasteiger partial charge in [0, 0.05) is 19.0 Å². The molecular formula is C22H25FN2O3. The Morgan fingerprint density at radius 2 is 1.89 bits per heavy atom. The Balaban J connectivity index is 1.72. The summed E-state index contributed by atoms with van der Waals surface area (Å²) in [5, 5.41) is 0. The Morgan fingerprint density at radius 1 is 1.14 bits per heavy atom. The zero-order chi connectivity index (χ0) is 19.9. The largest absolute Gasteiger partial charge is 0.467 e. The van der Waals surface area contributed by atoms with Crippen molar-refractivity contribution in [2.24, 2.45) is 5.92 Å². The van der Waals surface area contributed by atoms with Crippen LogP contribution in [0.3, 0.4) is 0 Å². The van der Waals surface area contributed by atoms with Gasteiger partial charge in [0.1, 0.15) is 18.1 Å². The van der Waals surface area contributed by atoms with E-state index in [9.17, 15) is 14.0 Å². The van der Waals surface area contributed by atoms with Gasteiger partial charge in [-0.2, -0.15) is 0 Å². The fraction of sp³-hybridized carbons (Fsp3) is 0.364. The number of carbonyl (C=O) groups is 2. The predicted molar refractivity (Wildman–Crippen MR) is 103 cm³/mol. The van der Waals surface area contributed by atoms with E-state index in [0.29, 0.717) is 18.8 Å². The Hall–Kier alpha value is -2.89. The van der Waals surface area contributed by atoms with Crippen molar-refractivity contribution >= 4 is 11.8 Å². The first-order valence-corrected chi connectivity index (χ1v) is 9.51. The summed E-state index contributed by atoms with van der Waals surface area (Å²) in [5.74, 6) is 0.171. The predicted octanol–water partition coefficient (Wildman–Crippen LogP) is 3.76. The molecule has 2 amide bonds. The molecule has 0 radical (unpaired) electrons. The quantitative estimate of drug-likeness (QED) is 0.619. The highest BCUT2D eigenvalue weighted by molar-refractivity contribution is 5.86. The van der Waals surface area contributed by atoms with Crippen molar-refractivity contribution in [3.05, 3.63) is 72.5 Å². The van der Waals surface area contributed by atoms with E-state index in [1.807, 2.05) is 0 Å². The molecule has 0 bridgehead atoms. The number of hydrogen-bond acceptors (Lipinski definition) is 3.